The monoisotopic (exact) mass is 260 g/mol. The highest BCUT2D eigenvalue weighted by Gasteiger charge is 2.10. The van der Waals surface area contributed by atoms with Gasteiger partial charge in [-0.1, -0.05) is 26.0 Å². The van der Waals surface area contributed by atoms with Crippen molar-refractivity contribution in [2.75, 3.05) is 18.0 Å². The number of hydrogen-bond donors (Lipinski definition) is 1. The third-order valence-corrected chi connectivity index (χ3v) is 4.29. The predicted molar refractivity (Wildman–Crippen MR) is 83.6 cm³/mol. The van der Waals surface area contributed by atoms with Gasteiger partial charge in [0.1, 0.15) is 0 Å². The number of rotatable bonds is 5. The Bertz CT molecular complexity index is 363. The Hall–Kier alpha value is -1.02. The number of nitrogens with one attached hydrogen (secondary N) is 1. The average Bonchev–Trinajstić information content (AvgIpc) is 2.46. The molecule has 2 heteroatoms. The number of benzene rings is 1. The first-order valence-electron chi connectivity index (χ1n) is 7.74. The van der Waals surface area contributed by atoms with E-state index in [1.807, 2.05) is 0 Å². The lowest BCUT2D eigenvalue weighted by molar-refractivity contribution is 0.426. The van der Waals surface area contributed by atoms with Gasteiger partial charge in [0.25, 0.3) is 0 Å². The maximum absolute atomic E-state index is 3.58. The van der Waals surface area contributed by atoms with E-state index in [0.717, 1.165) is 6.54 Å². The minimum Gasteiger partial charge on any atom is -0.372 e. The van der Waals surface area contributed by atoms with Crippen LogP contribution in [0.3, 0.4) is 0 Å². The van der Waals surface area contributed by atoms with Crippen molar-refractivity contribution in [1.82, 2.24) is 5.32 Å². The first kappa shape index (κ1) is 14.4. The van der Waals surface area contributed by atoms with E-state index in [2.05, 4.69) is 55.3 Å². The summed E-state index contributed by atoms with van der Waals surface area (Å²) in [5.74, 6) is 0.688. The van der Waals surface area contributed by atoms with E-state index in [4.69, 9.17) is 0 Å². The lowest BCUT2D eigenvalue weighted by Crippen LogP contribution is -2.30. The lowest BCUT2D eigenvalue weighted by Gasteiger charge is -2.29. The zero-order valence-electron chi connectivity index (χ0n) is 12.7. The topological polar surface area (TPSA) is 15.3 Å². The third kappa shape index (κ3) is 4.24. The van der Waals surface area contributed by atoms with Crippen molar-refractivity contribution in [3.05, 3.63) is 29.8 Å². The van der Waals surface area contributed by atoms with Crippen LogP contribution in [-0.2, 0) is 6.54 Å². The van der Waals surface area contributed by atoms with Gasteiger partial charge in [0.2, 0.25) is 0 Å². The molecule has 1 N–H and O–H groups in total. The second-order valence-corrected chi connectivity index (χ2v) is 6.13. The Labute approximate surface area is 118 Å². The molecule has 0 radical (unpaired) electrons. The Morgan fingerprint density at radius 1 is 1.00 bits per heavy atom. The summed E-state index contributed by atoms with van der Waals surface area (Å²) in [6.07, 6.45) is 4.08. The summed E-state index contributed by atoms with van der Waals surface area (Å²) < 4.78 is 0. The number of hydrogen-bond acceptors (Lipinski definition) is 2. The molecule has 1 aromatic carbocycles. The molecular weight excluding hydrogens is 232 g/mol. The van der Waals surface area contributed by atoms with Crippen LogP contribution in [0.2, 0.25) is 0 Å². The minimum absolute atomic E-state index is 0.571. The second kappa shape index (κ2) is 6.95. The molecule has 0 aliphatic carbocycles. The number of anilines is 1. The summed E-state index contributed by atoms with van der Waals surface area (Å²) in [7, 11) is 0. The molecule has 1 aliphatic heterocycles. The first-order valence-corrected chi connectivity index (χ1v) is 7.74. The van der Waals surface area contributed by atoms with Crippen molar-refractivity contribution in [1.29, 1.82) is 0 Å². The van der Waals surface area contributed by atoms with E-state index >= 15 is 0 Å². The SMILES string of the molecule is CC(C)C(C)NCc1ccc(N2CCCCC2)cc1. The maximum Gasteiger partial charge on any atom is 0.0366 e. The van der Waals surface area contributed by atoms with Crippen molar-refractivity contribution < 1.29 is 0 Å². The number of nitrogens with zero attached hydrogens (tertiary/aromatic N) is 1. The summed E-state index contributed by atoms with van der Waals surface area (Å²) in [6.45, 7) is 10.2. The molecule has 0 aromatic heterocycles. The van der Waals surface area contributed by atoms with Crippen LogP contribution in [0.25, 0.3) is 0 Å². The summed E-state index contributed by atoms with van der Waals surface area (Å²) in [5.41, 5.74) is 2.77. The van der Waals surface area contributed by atoms with Gasteiger partial charge in [0.15, 0.2) is 0 Å². The summed E-state index contributed by atoms with van der Waals surface area (Å²) in [5, 5.41) is 3.58. The van der Waals surface area contributed by atoms with E-state index in [0.29, 0.717) is 12.0 Å². The van der Waals surface area contributed by atoms with Crippen LogP contribution in [0.4, 0.5) is 5.69 Å². The van der Waals surface area contributed by atoms with E-state index in [1.165, 1.54) is 43.6 Å². The zero-order chi connectivity index (χ0) is 13.7. The van der Waals surface area contributed by atoms with Crippen molar-refractivity contribution in [2.24, 2.45) is 5.92 Å². The van der Waals surface area contributed by atoms with Gasteiger partial charge in [0, 0.05) is 31.4 Å². The van der Waals surface area contributed by atoms with Gasteiger partial charge in [-0.25, -0.2) is 0 Å². The van der Waals surface area contributed by atoms with Crippen molar-refractivity contribution in [3.8, 4) is 0 Å². The van der Waals surface area contributed by atoms with E-state index in [-0.39, 0.29) is 0 Å². The van der Waals surface area contributed by atoms with Crippen molar-refractivity contribution in [3.63, 3.8) is 0 Å². The molecule has 19 heavy (non-hydrogen) atoms. The molecule has 1 fully saturated rings. The van der Waals surface area contributed by atoms with Gasteiger partial charge in [0.05, 0.1) is 0 Å². The largest absolute Gasteiger partial charge is 0.372 e. The van der Waals surface area contributed by atoms with Crippen molar-refractivity contribution >= 4 is 5.69 Å². The lowest BCUT2D eigenvalue weighted by atomic mass is 10.1. The molecule has 1 unspecified atom stereocenters. The van der Waals surface area contributed by atoms with Crippen LogP contribution >= 0.6 is 0 Å². The molecule has 1 aromatic rings. The molecule has 1 aliphatic rings. The quantitative estimate of drug-likeness (QED) is 0.866. The summed E-state index contributed by atoms with van der Waals surface area (Å²) >= 11 is 0. The Balaban J connectivity index is 1.87. The van der Waals surface area contributed by atoms with Gasteiger partial charge >= 0.3 is 0 Å². The van der Waals surface area contributed by atoms with Crippen LogP contribution in [0.15, 0.2) is 24.3 Å². The molecule has 2 rings (SSSR count). The normalized spacial score (nSPS) is 17.8. The van der Waals surface area contributed by atoms with Crippen LogP contribution in [0, 0.1) is 5.92 Å². The molecule has 1 saturated heterocycles. The van der Waals surface area contributed by atoms with Crippen LogP contribution < -0.4 is 10.2 Å². The third-order valence-electron chi connectivity index (χ3n) is 4.29. The molecular formula is C17H28N2. The fourth-order valence-corrected chi connectivity index (χ4v) is 2.49. The fraction of sp³-hybridized carbons (Fsp3) is 0.647. The number of piperidine rings is 1. The van der Waals surface area contributed by atoms with Crippen LogP contribution in [-0.4, -0.2) is 19.1 Å². The van der Waals surface area contributed by atoms with Crippen LogP contribution in [0.1, 0.15) is 45.6 Å². The standard InChI is InChI=1S/C17H28N2/c1-14(2)15(3)18-13-16-7-9-17(10-8-16)19-11-5-4-6-12-19/h7-10,14-15,18H,4-6,11-13H2,1-3H3. The van der Waals surface area contributed by atoms with Crippen molar-refractivity contribution in [2.45, 2.75) is 52.6 Å². The van der Waals surface area contributed by atoms with Gasteiger partial charge in [-0.3, -0.25) is 0 Å². The summed E-state index contributed by atoms with van der Waals surface area (Å²) in [4.78, 5) is 2.51. The van der Waals surface area contributed by atoms with Gasteiger partial charge in [-0.2, -0.15) is 0 Å². The molecule has 0 spiro atoms. The Morgan fingerprint density at radius 2 is 1.63 bits per heavy atom. The molecule has 0 saturated carbocycles. The minimum atomic E-state index is 0.571. The second-order valence-electron chi connectivity index (χ2n) is 6.13. The maximum atomic E-state index is 3.58. The molecule has 0 bridgehead atoms. The Kier molecular flexibility index (Phi) is 5.26. The first-order chi connectivity index (χ1) is 9.16. The summed E-state index contributed by atoms with van der Waals surface area (Å²) in [6, 6.07) is 9.67. The van der Waals surface area contributed by atoms with E-state index in [9.17, 15) is 0 Å². The van der Waals surface area contributed by atoms with Gasteiger partial charge in [-0.05, 0) is 49.8 Å². The highest BCUT2D eigenvalue weighted by atomic mass is 15.1. The van der Waals surface area contributed by atoms with Gasteiger partial charge in [-0.15, -0.1) is 0 Å². The smallest absolute Gasteiger partial charge is 0.0366 e. The zero-order valence-corrected chi connectivity index (χ0v) is 12.7. The molecule has 1 atom stereocenters. The highest BCUT2D eigenvalue weighted by molar-refractivity contribution is 5.47. The molecule has 0 amide bonds. The van der Waals surface area contributed by atoms with Crippen LogP contribution in [0.5, 0.6) is 0 Å². The van der Waals surface area contributed by atoms with Gasteiger partial charge < -0.3 is 10.2 Å². The van der Waals surface area contributed by atoms with E-state index in [1.54, 1.807) is 0 Å². The highest BCUT2D eigenvalue weighted by Crippen LogP contribution is 2.20. The average molecular weight is 260 g/mol. The fourth-order valence-electron chi connectivity index (χ4n) is 2.49. The molecule has 1 heterocycles. The Morgan fingerprint density at radius 3 is 2.21 bits per heavy atom. The molecule has 106 valence electrons. The predicted octanol–water partition coefficient (Wildman–Crippen LogP) is 3.81. The molecule has 2 nitrogen and oxygen atoms in total. The van der Waals surface area contributed by atoms with E-state index < -0.39 is 0 Å².